The van der Waals surface area contributed by atoms with Gasteiger partial charge in [-0.3, -0.25) is 0 Å². The van der Waals surface area contributed by atoms with Crippen molar-refractivity contribution in [1.82, 2.24) is 5.32 Å². The van der Waals surface area contributed by atoms with Crippen LogP contribution in [-0.2, 0) is 0 Å². The highest BCUT2D eigenvalue weighted by molar-refractivity contribution is 7.80. The van der Waals surface area contributed by atoms with Gasteiger partial charge in [0.15, 0.2) is 0 Å². The van der Waals surface area contributed by atoms with Crippen LogP contribution in [0.2, 0.25) is 0 Å². The fraction of sp³-hybridized carbons (Fsp3) is 1.00. The molecule has 2 atom stereocenters. The van der Waals surface area contributed by atoms with Gasteiger partial charge in [-0.1, -0.05) is 6.92 Å². The van der Waals surface area contributed by atoms with Crippen molar-refractivity contribution in [2.24, 2.45) is 0 Å². The quantitative estimate of drug-likeness (QED) is 0.553. The zero-order valence-corrected chi connectivity index (χ0v) is 6.70. The molecule has 0 heterocycles. The minimum absolute atomic E-state index is 0.512. The predicted octanol–water partition coefficient (Wildman–Crippen LogP) is 1.30. The van der Waals surface area contributed by atoms with E-state index in [-0.39, 0.29) is 0 Å². The van der Waals surface area contributed by atoms with Crippen molar-refractivity contribution in [2.75, 3.05) is 7.05 Å². The van der Waals surface area contributed by atoms with Crippen LogP contribution in [0.5, 0.6) is 0 Å². The van der Waals surface area contributed by atoms with Crippen molar-refractivity contribution in [1.29, 1.82) is 0 Å². The molecule has 0 aromatic carbocycles. The van der Waals surface area contributed by atoms with Gasteiger partial charge in [-0.2, -0.15) is 12.6 Å². The first-order valence-electron chi connectivity index (χ1n) is 3.02. The lowest BCUT2D eigenvalue weighted by atomic mass is 10.2. The summed E-state index contributed by atoms with van der Waals surface area (Å²) < 4.78 is 0. The molecule has 0 amide bonds. The van der Waals surface area contributed by atoms with Crippen molar-refractivity contribution >= 4 is 12.6 Å². The van der Waals surface area contributed by atoms with E-state index in [4.69, 9.17) is 0 Å². The minimum atomic E-state index is 0.512. The molecular formula is C6H15NS. The summed E-state index contributed by atoms with van der Waals surface area (Å²) >= 11 is 4.25. The maximum atomic E-state index is 4.25. The van der Waals surface area contributed by atoms with E-state index in [1.807, 2.05) is 7.05 Å². The van der Waals surface area contributed by atoms with E-state index in [1.54, 1.807) is 0 Å². The first-order valence-corrected chi connectivity index (χ1v) is 3.53. The van der Waals surface area contributed by atoms with Crippen LogP contribution in [0.1, 0.15) is 20.3 Å². The van der Waals surface area contributed by atoms with Crippen molar-refractivity contribution < 1.29 is 0 Å². The lowest BCUT2D eigenvalue weighted by molar-refractivity contribution is 0.565. The van der Waals surface area contributed by atoms with E-state index in [1.165, 1.54) is 0 Å². The van der Waals surface area contributed by atoms with Gasteiger partial charge in [0.05, 0.1) is 0 Å². The van der Waals surface area contributed by atoms with E-state index in [2.05, 4.69) is 31.8 Å². The van der Waals surface area contributed by atoms with Gasteiger partial charge in [-0.15, -0.1) is 0 Å². The second-order valence-corrected chi connectivity index (χ2v) is 3.16. The molecule has 0 aromatic rings. The molecule has 0 aliphatic carbocycles. The molecule has 2 unspecified atom stereocenters. The molecule has 1 nitrogen and oxygen atoms in total. The van der Waals surface area contributed by atoms with Gasteiger partial charge in [0.2, 0.25) is 0 Å². The van der Waals surface area contributed by atoms with Crippen LogP contribution in [-0.4, -0.2) is 18.3 Å². The number of rotatable bonds is 3. The van der Waals surface area contributed by atoms with Crippen LogP contribution in [0.15, 0.2) is 0 Å². The predicted molar refractivity (Wildman–Crippen MR) is 41.6 cm³/mol. The molecule has 0 aliphatic rings. The molecule has 0 saturated carbocycles. The van der Waals surface area contributed by atoms with Crippen molar-refractivity contribution in [3.05, 3.63) is 0 Å². The molecule has 0 saturated heterocycles. The Bertz CT molecular complexity index is 54.5. The average molecular weight is 133 g/mol. The highest BCUT2D eigenvalue weighted by Gasteiger charge is 2.00. The number of hydrogen-bond acceptors (Lipinski definition) is 2. The lowest BCUT2D eigenvalue weighted by Crippen LogP contribution is -2.23. The normalized spacial score (nSPS) is 18.0. The van der Waals surface area contributed by atoms with Crippen molar-refractivity contribution in [2.45, 2.75) is 31.6 Å². The summed E-state index contributed by atoms with van der Waals surface area (Å²) in [5, 5.41) is 3.66. The minimum Gasteiger partial charge on any atom is -0.317 e. The van der Waals surface area contributed by atoms with Gasteiger partial charge in [0.25, 0.3) is 0 Å². The smallest absolute Gasteiger partial charge is 0.00460 e. The highest BCUT2D eigenvalue weighted by Crippen LogP contribution is 2.01. The standard InChI is InChI=1S/C6H15NS/c1-5(7-3)4-6(2)8/h5-8H,4H2,1-3H3. The molecule has 0 fully saturated rings. The summed E-state index contributed by atoms with van der Waals surface area (Å²) in [6.07, 6.45) is 1.14. The first-order chi connectivity index (χ1) is 3.66. The van der Waals surface area contributed by atoms with Gasteiger partial charge in [-0.05, 0) is 20.4 Å². The van der Waals surface area contributed by atoms with Crippen LogP contribution in [0, 0.1) is 0 Å². The fourth-order valence-electron chi connectivity index (χ4n) is 0.630. The SMILES string of the molecule is CNC(C)CC(C)S. The van der Waals surface area contributed by atoms with Gasteiger partial charge in [0, 0.05) is 11.3 Å². The maximum Gasteiger partial charge on any atom is 0.00460 e. The Morgan fingerprint density at radius 1 is 1.50 bits per heavy atom. The van der Waals surface area contributed by atoms with E-state index < -0.39 is 0 Å². The van der Waals surface area contributed by atoms with Gasteiger partial charge in [-0.25, -0.2) is 0 Å². The number of nitrogens with one attached hydrogen (secondary N) is 1. The Morgan fingerprint density at radius 2 is 2.00 bits per heavy atom. The fourth-order valence-corrected chi connectivity index (χ4v) is 0.946. The molecule has 0 rings (SSSR count). The van der Waals surface area contributed by atoms with Crippen LogP contribution in [0.25, 0.3) is 0 Å². The third-order valence-electron chi connectivity index (χ3n) is 1.19. The van der Waals surface area contributed by atoms with Crippen LogP contribution in [0.4, 0.5) is 0 Å². The molecule has 1 N–H and O–H groups in total. The monoisotopic (exact) mass is 133 g/mol. The molecule has 50 valence electrons. The van der Waals surface area contributed by atoms with Crippen LogP contribution < -0.4 is 5.32 Å². The summed E-state index contributed by atoms with van der Waals surface area (Å²) in [4.78, 5) is 0. The second-order valence-electron chi connectivity index (χ2n) is 2.27. The maximum absolute atomic E-state index is 4.25. The lowest BCUT2D eigenvalue weighted by Gasteiger charge is -2.10. The van der Waals surface area contributed by atoms with Crippen LogP contribution >= 0.6 is 12.6 Å². The summed E-state index contributed by atoms with van der Waals surface area (Å²) in [5.74, 6) is 0. The summed E-state index contributed by atoms with van der Waals surface area (Å²) in [6.45, 7) is 4.27. The summed E-state index contributed by atoms with van der Waals surface area (Å²) in [6, 6.07) is 0.600. The van der Waals surface area contributed by atoms with Crippen molar-refractivity contribution in [3.63, 3.8) is 0 Å². The summed E-state index contributed by atoms with van der Waals surface area (Å²) in [7, 11) is 1.97. The second kappa shape index (κ2) is 4.21. The zero-order valence-electron chi connectivity index (χ0n) is 5.81. The average Bonchev–Trinajstić information content (AvgIpc) is 1.65. The molecule has 8 heavy (non-hydrogen) atoms. The highest BCUT2D eigenvalue weighted by atomic mass is 32.1. The Balaban J connectivity index is 3.10. The van der Waals surface area contributed by atoms with Gasteiger partial charge >= 0.3 is 0 Å². The Kier molecular flexibility index (Phi) is 4.38. The third kappa shape index (κ3) is 4.47. The first kappa shape index (κ1) is 8.31. The number of hydrogen-bond donors (Lipinski definition) is 2. The van der Waals surface area contributed by atoms with E-state index >= 15 is 0 Å². The molecule has 0 radical (unpaired) electrons. The molecule has 0 aromatic heterocycles. The van der Waals surface area contributed by atoms with Gasteiger partial charge in [0.1, 0.15) is 0 Å². The van der Waals surface area contributed by atoms with E-state index in [9.17, 15) is 0 Å². The molecule has 0 spiro atoms. The zero-order chi connectivity index (χ0) is 6.57. The van der Waals surface area contributed by atoms with E-state index in [0.29, 0.717) is 11.3 Å². The molecule has 2 heteroatoms. The molecule has 0 bridgehead atoms. The number of thiol groups is 1. The van der Waals surface area contributed by atoms with Crippen LogP contribution in [0.3, 0.4) is 0 Å². The summed E-state index contributed by atoms with van der Waals surface area (Å²) in [5.41, 5.74) is 0. The third-order valence-corrected chi connectivity index (χ3v) is 1.40. The van der Waals surface area contributed by atoms with E-state index in [0.717, 1.165) is 6.42 Å². The molecular weight excluding hydrogens is 118 g/mol. The topological polar surface area (TPSA) is 12.0 Å². The largest absolute Gasteiger partial charge is 0.317 e. The van der Waals surface area contributed by atoms with Gasteiger partial charge < -0.3 is 5.32 Å². The Hall–Kier alpha value is 0.310. The Morgan fingerprint density at radius 3 is 2.12 bits per heavy atom. The molecule has 0 aliphatic heterocycles. The van der Waals surface area contributed by atoms with Crippen molar-refractivity contribution in [3.8, 4) is 0 Å². The Labute approximate surface area is 57.3 Å².